The number of amides is 1. The molecule has 0 saturated heterocycles. The third-order valence-corrected chi connectivity index (χ3v) is 2.79. The van der Waals surface area contributed by atoms with Gasteiger partial charge in [0.2, 0.25) is 5.91 Å². The number of thioether (sulfide) groups is 1. The largest absolute Gasteiger partial charge is 0.352 e. The van der Waals surface area contributed by atoms with Crippen LogP contribution in [0.3, 0.4) is 0 Å². The molecule has 1 aromatic heterocycles. The van der Waals surface area contributed by atoms with E-state index in [1.54, 1.807) is 12.4 Å². The fourth-order valence-electron chi connectivity index (χ4n) is 0.959. The van der Waals surface area contributed by atoms with Crippen molar-refractivity contribution in [2.45, 2.75) is 17.9 Å². The van der Waals surface area contributed by atoms with Crippen LogP contribution < -0.4 is 11.1 Å². The fourth-order valence-corrected chi connectivity index (χ4v) is 1.65. The van der Waals surface area contributed by atoms with Crippen LogP contribution in [0.5, 0.6) is 0 Å². The summed E-state index contributed by atoms with van der Waals surface area (Å²) in [6.07, 6.45) is 3.42. The number of nitrogens with zero attached hydrogens (tertiary/aromatic N) is 1. The van der Waals surface area contributed by atoms with E-state index in [1.807, 2.05) is 19.1 Å². The highest BCUT2D eigenvalue weighted by atomic mass is 32.2. The number of carbonyl (C=O) groups excluding carboxylic acids is 1. The van der Waals surface area contributed by atoms with E-state index in [0.29, 0.717) is 12.3 Å². The van der Waals surface area contributed by atoms with Crippen LogP contribution >= 0.6 is 11.8 Å². The van der Waals surface area contributed by atoms with Crippen molar-refractivity contribution in [2.24, 2.45) is 5.73 Å². The highest BCUT2D eigenvalue weighted by Crippen LogP contribution is 2.15. The van der Waals surface area contributed by atoms with E-state index in [-0.39, 0.29) is 11.9 Å². The fraction of sp³-hybridized carbons (Fsp3) is 0.400. The van der Waals surface area contributed by atoms with Crippen molar-refractivity contribution in [1.82, 2.24) is 10.3 Å². The van der Waals surface area contributed by atoms with Gasteiger partial charge in [-0.05, 0) is 19.1 Å². The van der Waals surface area contributed by atoms with E-state index >= 15 is 0 Å². The van der Waals surface area contributed by atoms with E-state index < -0.39 is 0 Å². The minimum atomic E-state index is 0.00904. The monoisotopic (exact) mass is 225 g/mol. The summed E-state index contributed by atoms with van der Waals surface area (Å²) in [4.78, 5) is 16.3. The average molecular weight is 225 g/mol. The molecule has 0 spiro atoms. The molecular weight excluding hydrogens is 210 g/mol. The lowest BCUT2D eigenvalue weighted by Crippen LogP contribution is -2.38. The Balaban J connectivity index is 2.29. The first-order valence-electron chi connectivity index (χ1n) is 4.74. The lowest BCUT2D eigenvalue weighted by Gasteiger charge is -2.10. The summed E-state index contributed by atoms with van der Waals surface area (Å²) < 4.78 is 0. The molecule has 0 fully saturated rings. The van der Waals surface area contributed by atoms with Crippen molar-refractivity contribution in [3.05, 3.63) is 24.5 Å². The average Bonchev–Trinajstić information content (AvgIpc) is 2.27. The molecule has 1 heterocycles. The van der Waals surface area contributed by atoms with Crippen LogP contribution in [-0.4, -0.2) is 29.2 Å². The first-order valence-corrected chi connectivity index (χ1v) is 5.73. The first-order chi connectivity index (χ1) is 7.22. The second-order valence-electron chi connectivity index (χ2n) is 3.18. The van der Waals surface area contributed by atoms with Gasteiger partial charge in [0.05, 0.1) is 5.75 Å². The van der Waals surface area contributed by atoms with E-state index in [4.69, 9.17) is 5.73 Å². The predicted molar refractivity (Wildman–Crippen MR) is 61.6 cm³/mol. The minimum absolute atomic E-state index is 0.00904. The molecule has 0 aromatic carbocycles. The number of hydrogen-bond donors (Lipinski definition) is 2. The summed E-state index contributed by atoms with van der Waals surface area (Å²) in [5.41, 5.74) is 5.40. The van der Waals surface area contributed by atoms with Crippen LogP contribution in [-0.2, 0) is 4.79 Å². The van der Waals surface area contributed by atoms with Gasteiger partial charge in [0.15, 0.2) is 0 Å². The Kier molecular flexibility index (Phi) is 5.14. The van der Waals surface area contributed by atoms with Gasteiger partial charge >= 0.3 is 0 Å². The Morgan fingerprint density at radius 3 is 2.87 bits per heavy atom. The normalized spacial score (nSPS) is 12.1. The van der Waals surface area contributed by atoms with Gasteiger partial charge in [0.25, 0.3) is 0 Å². The maximum absolute atomic E-state index is 11.4. The van der Waals surface area contributed by atoms with Crippen LogP contribution in [0.25, 0.3) is 0 Å². The van der Waals surface area contributed by atoms with Gasteiger partial charge in [-0.25, -0.2) is 0 Å². The molecule has 0 bridgehead atoms. The molecule has 82 valence electrons. The van der Waals surface area contributed by atoms with Crippen LogP contribution in [0.15, 0.2) is 29.4 Å². The zero-order valence-corrected chi connectivity index (χ0v) is 9.46. The lowest BCUT2D eigenvalue weighted by molar-refractivity contribution is -0.119. The third kappa shape index (κ3) is 4.80. The van der Waals surface area contributed by atoms with Crippen molar-refractivity contribution in [3.63, 3.8) is 0 Å². The number of nitrogens with one attached hydrogen (secondary N) is 1. The molecule has 0 unspecified atom stereocenters. The van der Waals surface area contributed by atoms with E-state index in [0.717, 1.165) is 4.90 Å². The number of aromatic nitrogens is 1. The summed E-state index contributed by atoms with van der Waals surface area (Å²) >= 11 is 1.49. The molecule has 4 nitrogen and oxygen atoms in total. The van der Waals surface area contributed by atoms with Crippen molar-refractivity contribution in [1.29, 1.82) is 0 Å². The van der Waals surface area contributed by atoms with Gasteiger partial charge < -0.3 is 11.1 Å². The molecule has 1 amide bonds. The van der Waals surface area contributed by atoms with Crippen LogP contribution in [0.4, 0.5) is 0 Å². The van der Waals surface area contributed by atoms with Gasteiger partial charge in [0, 0.05) is 29.9 Å². The summed E-state index contributed by atoms with van der Waals surface area (Å²) in [6, 6.07) is 3.80. The second-order valence-corrected chi connectivity index (χ2v) is 4.22. The maximum atomic E-state index is 11.4. The highest BCUT2D eigenvalue weighted by Gasteiger charge is 2.05. The third-order valence-electron chi connectivity index (χ3n) is 1.78. The molecule has 1 rings (SSSR count). The summed E-state index contributed by atoms with van der Waals surface area (Å²) in [7, 11) is 0. The van der Waals surface area contributed by atoms with Crippen LogP contribution in [0, 0.1) is 0 Å². The molecule has 0 aliphatic heterocycles. The Hall–Kier alpha value is -1.07. The second kappa shape index (κ2) is 6.42. The van der Waals surface area contributed by atoms with Crippen molar-refractivity contribution in [3.8, 4) is 0 Å². The van der Waals surface area contributed by atoms with Crippen molar-refractivity contribution >= 4 is 17.7 Å². The Morgan fingerprint density at radius 2 is 2.27 bits per heavy atom. The van der Waals surface area contributed by atoms with Gasteiger partial charge in [-0.2, -0.15) is 0 Å². The maximum Gasteiger partial charge on any atom is 0.230 e. The predicted octanol–water partition coefficient (Wildman–Crippen LogP) is 0.637. The minimum Gasteiger partial charge on any atom is -0.352 e. The van der Waals surface area contributed by atoms with Crippen LogP contribution in [0.2, 0.25) is 0 Å². The lowest BCUT2D eigenvalue weighted by atomic mass is 10.3. The number of nitrogens with two attached hydrogens (primary N) is 1. The molecule has 1 aromatic rings. The number of pyridine rings is 1. The highest BCUT2D eigenvalue weighted by molar-refractivity contribution is 8.00. The molecule has 5 heteroatoms. The zero-order chi connectivity index (χ0) is 11.1. The topological polar surface area (TPSA) is 68.0 Å². The SMILES string of the molecule is C[C@@H](CN)NC(=O)CSc1ccncc1. The summed E-state index contributed by atoms with van der Waals surface area (Å²) in [5, 5.41) is 2.80. The Labute approximate surface area is 93.7 Å². The van der Waals surface area contributed by atoms with Gasteiger partial charge in [0.1, 0.15) is 0 Å². The van der Waals surface area contributed by atoms with Gasteiger partial charge in [-0.3, -0.25) is 9.78 Å². The molecule has 3 N–H and O–H groups in total. The molecular formula is C10H15N3OS. The van der Waals surface area contributed by atoms with Gasteiger partial charge in [-0.1, -0.05) is 0 Å². The summed E-state index contributed by atoms with van der Waals surface area (Å²) in [5.74, 6) is 0.420. The molecule has 0 radical (unpaired) electrons. The Morgan fingerprint density at radius 1 is 1.60 bits per heavy atom. The molecule has 0 saturated carbocycles. The Bertz CT molecular complexity index is 305. The molecule has 15 heavy (non-hydrogen) atoms. The van der Waals surface area contributed by atoms with Crippen LogP contribution in [0.1, 0.15) is 6.92 Å². The number of hydrogen-bond acceptors (Lipinski definition) is 4. The van der Waals surface area contributed by atoms with E-state index in [1.165, 1.54) is 11.8 Å². The van der Waals surface area contributed by atoms with E-state index in [2.05, 4.69) is 10.3 Å². The standard InChI is InChI=1S/C10H15N3OS/c1-8(6-11)13-10(14)7-15-9-2-4-12-5-3-9/h2-5,8H,6-7,11H2,1H3,(H,13,14)/t8-/m0/s1. The van der Waals surface area contributed by atoms with Gasteiger partial charge in [-0.15, -0.1) is 11.8 Å². The van der Waals surface area contributed by atoms with Crippen molar-refractivity contribution in [2.75, 3.05) is 12.3 Å². The van der Waals surface area contributed by atoms with Crippen molar-refractivity contribution < 1.29 is 4.79 Å². The number of carbonyl (C=O) groups is 1. The molecule has 0 aliphatic rings. The quantitative estimate of drug-likeness (QED) is 0.721. The zero-order valence-electron chi connectivity index (χ0n) is 8.64. The number of rotatable bonds is 5. The first kappa shape index (κ1) is 12.0. The molecule has 1 atom stereocenters. The van der Waals surface area contributed by atoms with E-state index in [9.17, 15) is 4.79 Å². The summed E-state index contributed by atoms with van der Waals surface area (Å²) in [6.45, 7) is 2.35. The smallest absolute Gasteiger partial charge is 0.230 e. The molecule has 0 aliphatic carbocycles.